The van der Waals surface area contributed by atoms with Gasteiger partial charge < -0.3 is 24.6 Å². The Bertz CT molecular complexity index is 913. The van der Waals surface area contributed by atoms with Crippen LogP contribution in [0.2, 0.25) is 5.02 Å². The molecule has 8 heteroatoms. The van der Waals surface area contributed by atoms with Gasteiger partial charge in [-0.2, -0.15) is 0 Å². The summed E-state index contributed by atoms with van der Waals surface area (Å²) in [6, 6.07) is 12.9. The molecule has 1 N–H and O–H groups in total. The van der Waals surface area contributed by atoms with E-state index < -0.39 is 0 Å². The molecule has 2 aromatic rings. The minimum Gasteiger partial charge on any atom is -0.454 e. The average Bonchev–Trinajstić information content (AvgIpc) is 3.20. The highest BCUT2D eigenvalue weighted by Crippen LogP contribution is 2.34. The molecule has 0 saturated carbocycles. The van der Waals surface area contributed by atoms with Crippen molar-refractivity contribution in [3.8, 4) is 11.5 Å². The number of nitrogens with one attached hydrogen (secondary N) is 1. The Morgan fingerprint density at radius 2 is 1.76 bits per heavy atom. The van der Waals surface area contributed by atoms with E-state index in [2.05, 4.69) is 10.2 Å². The van der Waals surface area contributed by atoms with Gasteiger partial charge in [-0.3, -0.25) is 9.59 Å². The summed E-state index contributed by atoms with van der Waals surface area (Å²) in [4.78, 5) is 28.7. The van der Waals surface area contributed by atoms with Crippen LogP contribution in [-0.4, -0.2) is 49.7 Å². The van der Waals surface area contributed by atoms with Gasteiger partial charge in [0.1, 0.15) is 0 Å². The van der Waals surface area contributed by atoms with Crippen molar-refractivity contribution in [3.05, 3.63) is 47.5 Å². The first kappa shape index (κ1) is 19.4. The summed E-state index contributed by atoms with van der Waals surface area (Å²) in [5, 5.41) is 3.50. The van der Waals surface area contributed by atoms with Crippen molar-refractivity contribution in [2.24, 2.45) is 0 Å². The number of carbonyl (C=O) groups excluding carboxylic acids is 2. The number of carbonyl (C=O) groups is 2. The predicted octanol–water partition coefficient (Wildman–Crippen LogP) is 3.14. The predicted molar refractivity (Wildman–Crippen MR) is 111 cm³/mol. The van der Waals surface area contributed by atoms with Crippen LogP contribution >= 0.6 is 11.6 Å². The Morgan fingerprint density at radius 3 is 2.55 bits per heavy atom. The summed E-state index contributed by atoms with van der Waals surface area (Å²) >= 11 is 6.06. The van der Waals surface area contributed by atoms with E-state index in [1.165, 1.54) is 0 Å². The van der Waals surface area contributed by atoms with Crippen LogP contribution in [0.15, 0.2) is 42.5 Å². The fraction of sp³-hybridized carbons (Fsp3) is 0.333. The first-order valence-corrected chi connectivity index (χ1v) is 9.94. The highest BCUT2D eigenvalue weighted by atomic mass is 35.5. The minimum atomic E-state index is -0.199. The van der Waals surface area contributed by atoms with E-state index in [0.717, 1.165) is 18.8 Å². The summed E-state index contributed by atoms with van der Waals surface area (Å²) in [6.45, 7) is 2.95. The smallest absolute Gasteiger partial charge is 0.231 e. The number of fused-ring (bicyclic) bond motifs is 1. The lowest BCUT2D eigenvalue weighted by Gasteiger charge is -2.36. The SMILES string of the molecule is O=C(CCC(=O)N1CCN(c2cccc(Cl)c2)CC1)Nc1ccc2c(c1)OCO2. The van der Waals surface area contributed by atoms with E-state index in [1.54, 1.807) is 18.2 Å². The lowest BCUT2D eigenvalue weighted by Crippen LogP contribution is -2.48. The van der Waals surface area contributed by atoms with Gasteiger partial charge in [0.15, 0.2) is 11.5 Å². The molecular formula is C21H22ClN3O4. The van der Waals surface area contributed by atoms with Gasteiger partial charge in [-0.15, -0.1) is 0 Å². The molecule has 0 aromatic heterocycles. The molecule has 7 nitrogen and oxygen atoms in total. The summed E-state index contributed by atoms with van der Waals surface area (Å²) in [5.74, 6) is 1.07. The Balaban J connectivity index is 1.22. The standard InChI is InChI=1S/C21H22ClN3O4/c22-15-2-1-3-17(12-15)24-8-10-25(11-9-24)21(27)7-6-20(26)23-16-4-5-18-19(13-16)29-14-28-18/h1-5,12-13H,6-11,14H2,(H,23,26). The topological polar surface area (TPSA) is 71.1 Å². The quantitative estimate of drug-likeness (QED) is 0.812. The molecule has 0 bridgehead atoms. The van der Waals surface area contributed by atoms with Crippen LogP contribution in [0.25, 0.3) is 0 Å². The third-order valence-electron chi connectivity index (χ3n) is 5.03. The molecule has 1 fully saturated rings. The van der Waals surface area contributed by atoms with Gasteiger partial charge >= 0.3 is 0 Å². The maximum Gasteiger partial charge on any atom is 0.231 e. The molecule has 0 spiro atoms. The van der Waals surface area contributed by atoms with Crippen LogP contribution in [0.3, 0.4) is 0 Å². The van der Waals surface area contributed by atoms with Crippen molar-refractivity contribution in [3.63, 3.8) is 0 Å². The molecule has 2 aliphatic rings. The van der Waals surface area contributed by atoms with Crippen molar-refractivity contribution >= 4 is 34.8 Å². The van der Waals surface area contributed by atoms with E-state index in [1.807, 2.05) is 29.2 Å². The first-order chi connectivity index (χ1) is 14.1. The summed E-state index contributed by atoms with van der Waals surface area (Å²) in [6.07, 6.45) is 0.329. The Morgan fingerprint density at radius 1 is 0.966 bits per heavy atom. The average molecular weight is 416 g/mol. The number of nitrogens with zero attached hydrogens (tertiary/aromatic N) is 2. The van der Waals surface area contributed by atoms with Crippen molar-refractivity contribution in [2.45, 2.75) is 12.8 Å². The van der Waals surface area contributed by atoms with Crippen LogP contribution in [0, 0.1) is 0 Å². The number of amides is 2. The molecule has 2 aromatic carbocycles. The summed E-state index contributed by atoms with van der Waals surface area (Å²) in [7, 11) is 0. The highest BCUT2D eigenvalue weighted by Gasteiger charge is 2.22. The van der Waals surface area contributed by atoms with Gasteiger partial charge in [0.05, 0.1) is 0 Å². The molecule has 0 unspecified atom stereocenters. The fourth-order valence-corrected chi connectivity index (χ4v) is 3.65. The molecule has 0 atom stereocenters. The van der Waals surface area contributed by atoms with Gasteiger partial charge in [-0.1, -0.05) is 17.7 Å². The van der Waals surface area contributed by atoms with Gasteiger partial charge in [0.25, 0.3) is 0 Å². The van der Waals surface area contributed by atoms with Crippen molar-refractivity contribution in [1.82, 2.24) is 4.90 Å². The zero-order valence-electron chi connectivity index (χ0n) is 15.9. The summed E-state index contributed by atoms with van der Waals surface area (Å²) in [5.41, 5.74) is 1.69. The second kappa shape index (κ2) is 8.61. The fourth-order valence-electron chi connectivity index (χ4n) is 3.46. The Hall–Kier alpha value is -2.93. The number of benzene rings is 2. The van der Waals surface area contributed by atoms with Crippen molar-refractivity contribution < 1.29 is 19.1 Å². The second-order valence-electron chi connectivity index (χ2n) is 6.96. The van der Waals surface area contributed by atoms with Gasteiger partial charge in [-0.05, 0) is 30.3 Å². The Labute approximate surface area is 174 Å². The van der Waals surface area contributed by atoms with Crippen LogP contribution in [0.5, 0.6) is 11.5 Å². The molecule has 152 valence electrons. The number of ether oxygens (including phenoxy) is 2. The van der Waals surface area contributed by atoms with Crippen LogP contribution in [0.1, 0.15) is 12.8 Å². The lowest BCUT2D eigenvalue weighted by atomic mass is 10.2. The van der Waals surface area contributed by atoms with Crippen LogP contribution in [-0.2, 0) is 9.59 Å². The van der Waals surface area contributed by atoms with Crippen molar-refractivity contribution in [2.75, 3.05) is 43.2 Å². The zero-order chi connectivity index (χ0) is 20.2. The molecule has 1 saturated heterocycles. The van der Waals surface area contributed by atoms with E-state index in [4.69, 9.17) is 21.1 Å². The number of anilines is 2. The van der Waals surface area contributed by atoms with E-state index in [0.29, 0.717) is 35.3 Å². The van der Waals surface area contributed by atoms with E-state index in [-0.39, 0.29) is 31.4 Å². The summed E-state index contributed by atoms with van der Waals surface area (Å²) < 4.78 is 10.6. The third kappa shape index (κ3) is 4.74. The highest BCUT2D eigenvalue weighted by molar-refractivity contribution is 6.30. The number of rotatable bonds is 5. The van der Waals surface area contributed by atoms with Crippen LogP contribution in [0.4, 0.5) is 11.4 Å². The maximum absolute atomic E-state index is 12.5. The number of hydrogen-bond donors (Lipinski definition) is 1. The molecule has 0 aliphatic carbocycles. The molecule has 2 heterocycles. The first-order valence-electron chi connectivity index (χ1n) is 9.56. The minimum absolute atomic E-state index is 0.00317. The van der Waals surface area contributed by atoms with Crippen LogP contribution < -0.4 is 19.7 Å². The molecule has 29 heavy (non-hydrogen) atoms. The monoisotopic (exact) mass is 415 g/mol. The molecule has 2 aliphatic heterocycles. The Kier molecular flexibility index (Phi) is 5.76. The van der Waals surface area contributed by atoms with Gasteiger partial charge in [0.2, 0.25) is 18.6 Å². The maximum atomic E-state index is 12.5. The second-order valence-corrected chi connectivity index (χ2v) is 7.40. The molecule has 0 radical (unpaired) electrons. The molecule has 2 amide bonds. The normalized spacial score (nSPS) is 15.3. The number of halogens is 1. The van der Waals surface area contributed by atoms with Crippen molar-refractivity contribution in [1.29, 1.82) is 0 Å². The largest absolute Gasteiger partial charge is 0.454 e. The van der Waals surface area contributed by atoms with E-state index in [9.17, 15) is 9.59 Å². The zero-order valence-corrected chi connectivity index (χ0v) is 16.7. The number of piperazine rings is 1. The molecule has 4 rings (SSSR count). The van der Waals surface area contributed by atoms with Gasteiger partial charge in [-0.25, -0.2) is 0 Å². The lowest BCUT2D eigenvalue weighted by molar-refractivity contribution is -0.133. The third-order valence-corrected chi connectivity index (χ3v) is 5.26. The van der Waals surface area contributed by atoms with E-state index >= 15 is 0 Å². The van der Waals surface area contributed by atoms with Gasteiger partial charge in [0, 0.05) is 61.5 Å². The molecular weight excluding hydrogens is 394 g/mol. The number of hydrogen-bond acceptors (Lipinski definition) is 5.